The second-order valence-electron chi connectivity index (χ2n) is 11.3. The minimum Gasteiger partial charge on any atom is -0.256 e. The summed E-state index contributed by atoms with van der Waals surface area (Å²) in [7, 11) is 0. The largest absolute Gasteiger partial charge is 0.256 e. The maximum atomic E-state index is 4.79. The van der Waals surface area contributed by atoms with Gasteiger partial charge in [-0.05, 0) is 48.4 Å². The number of benzene rings is 2. The fourth-order valence-corrected chi connectivity index (χ4v) is 5.37. The van der Waals surface area contributed by atoms with E-state index in [0.29, 0.717) is 0 Å². The average Bonchev–Trinajstić information content (AvgIpc) is 2.97. The van der Waals surface area contributed by atoms with E-state index in [4.69, 9.17) is 4.98 Å². The Hall–Kier alpha value is -2.41. The molecule has 2 aromatic carbocycles. The molecule has 1 aromatic heterocycles. The predicted octanol–water partition coefficient (Wildman–Crippen LogP) is 11.8. The summed E-state index contributed by atoms with van der Waals surface area (Å²) in [6.07, 6.45) is 26.5. The number of nitrogens with zero attached hydrogens (tertiary/aromatic N) is 1. The summed E-state index contributed by atoms with van der Waals surface area (Å²) in [5.41, 5.74) is 7.61. The van der Waals surface area contributed by atoms with Gasteiger partial charge in [0.25, 0.3) is 0 Å². The van der Waals surface area contributed by atoms with Crippen LogP contribution in [-0.4, -0.2) is 4.98 Å². The van der Waals surface area contributed by atoms with E-state index < -0.39 is 0 Å². The third-order valence-corrected chi connectivity index (χ3v) is 7.94. The molecule has 0 radical (unpaired) electrons. The van der Waals surface area contributed by atoms with Gasteiger partial charge in [-0.25, -0.2) is 0 Å². The molecule has 0 bridgehead atoms. The lowest BCUT2D eigenvalue weighted by atomic mass is 10.0. The molecule has 206 valence electrons. The second kappa shape index (κ2) is 18.8. The highest BCUT2D eigenvalue weighted by Gasteiger charge is 2.04. The molecule has 0 fully saturated rings. The minimum absolute atomic E-state index is 1.05. The van der Waals surface area contributed by atoms with Gasteiger partial charge in [0.2, 0.25) is 0 Å². The van der Waals surface area contributed by atoms with Crippen molar-refractivity contribution in [3.63, 3.8) is 0 Å². The molecule has 0 unspecified atom stereocenters. The standard InChI is InChI=1S/C37H53N/c1-3-5-7-9-11-12-13-14-16-18-19-32-21-25-34(26-22-32)36-29-30-37(38-31-36)35-27-23-33(24-28-35)20-17-15-10-8-6-4-2/h21-31H,3-20H2,1-2H3. The van der Waals surface area contributed by atoms with Gasteiger partial charge >= 0.3 is 0 Å². The summed E-state index contributed by atoms with van der Waals surface area (Å²) in [6.45, 7) is 4.57. The molecule has 3 aromatic rings. The molecular weight excluding hydrogens is 458 g/mol. The Labute approximate surface area is 234 Å². The fraction of sp³-hybridized carbons (Fsp3) is 0.541. The number of unbranched alkanes of at least 4 members (excludes halogenated alkanes) is 14. The van der Waals surface area contributed by atoms with Crippen LogP contribution in [0, 0.1) is 0 Å². The zero-order chi connectivity index (χ0) is 26.7. The number of aryl methyl sites for hydroxylation is 2. The SMILES string of the molecule is CCCCCCCCCCCCc1ccc(-c2ccc(-c3ccc(CCCCCCCC)cc3)nc2)cc1. The number of pyridine rings is 1. The smallest absolute Gasteiger partial charge is 0.0702 e. The normalized spacial score (nSPS) is 11.2. The van der Waals surface area contributed by atoms with Crippen LogP contribution in [0.4, 0.5) is 0 Å². The van der Waals surface area contributed by atoms with Crippen LogP contribution in [-0.2, 0) is 12.8 Å². The Kier molecular flexibility index (Phi) is 14.9. The molecule has 0 saturated heterocycles. The molecule has 0 atom stereocenters. The van der Waals surface area contributed by atoms with Crippen LogP contribution in [0.1, 0.15) is 128 Å². The van der Waals surface area contributed by atoms with Crippen molar-refractivity contribution in [2.24, 2.45) is 0 Å². The van der Waals surface area contributed by atoms with E-state index in [-0.39, 0.29) is 0 Å². The van der Waals surface area contributed by atoms with Gasteiger partial charge in [-0.1, -0.05) is 158 Å². The third kappa shape index (κ3) is 11.5. The minimum atomic E-state index is 1.05. The first-order valence-corrected chi connectivity index (χ1v) is 15.9. The molecule has 0 spiro atoms. The lowest BCUT2D eigenvalue weighted by Gasteiger charge is -2.07. The summed E-state index contributed by atoms with van der Waals surface area (Å²) in [6, 6.07) is 22.5. The molecule has 0 aliphatic rings. The first-order chi connectivity index (χ1) is 18.8. The summed E-state index contributed by atoms with van der Waals surface area (Å²) in [5, 5.41) is 0. The molecule has 0 aliphatic heterocycles. The Balaban J connectivity index is 1.36. The van der Waals surface area contributed by atoms with Gasteiger partial charge in [-0.2, -0.15) is 0 Å². The zero-order valence-corrected chi connectivity index (χ0v) is 24.5. The van der Waals surface area contributed by atoms with Crippen molar-refractivity contribution in [3.05, 3.63) is 78.0 Å². The van der Waals surface area contributed by atoms with Crippen LogP contribution in [0.15, 0.2) is 66.9 Å². The van der Waals surface area contributed by atoms with Crippen LogP contribution in [0.2, 0.25) is 0 Å². The van der Waals surface area contributed by atoms with Crippen molar-refractivity contribution >= 4 is 0 Å². The van der Waals surface area contributed by atoms with E-state index in [0.717, 1.165) is 5.69 Å². The number of aromatic nitrogens is 1. The van der Waals surface area contributed by atoms with Crippen molar-refractivity contribution in [1.82, 2.24) is 4.98 Å². The predicted molar refractivity (Wildman–Crippen MR) is 168 cm³/mol. The van der Waals surface area contributed by atoms with Crippen molar-refractivity contribution in [1.29, 1.82) is 0 Å². The maximum Gasteiger partial charge on any atom is 0.0702 e. The Morgan fingerprint density at radius 1 is 0.395 bits per heavy atom. The van der Waals surface area contributed by atoms with Crippen LogP contribution >= 0.6 is 0 Å². The summed E-state index contributed by atoms with van der Waals surface area (Å²) < 4.78 is 0. The van der Waals surface area contributed by atoms with Crippen LogP contribution in [0.25, 0.3) is 22.4 Å². The first kappa shape index (κ1) is 30.1. The number of hydrogen-bond acceptors (Lipinski definition) is 1. The van der Waals surface area contributed by atoms with Gasteiger partial charge in [0.1, 0.15) is 0 Å². The number of hydrogen-bond donors (Lipinski definition) is 0. The van der Waals surface area contributed by atoms with Crippen LogP contribution in [0.5, 0.6) is 0 Å². The van der Waals surface area contributed by atoms with Gasteiger partial charge in [0, 0.05) is 17.3 Å². The molecule has 1 heteroatoms. The van der Waals surface area contributed by atoms with Gasteiger partial charge < -0.3 is 0 Å². The molecule has 38 heavy (non-hydrogen) atoms. The van der Waals surface area contributed by atoms with E-state index in [1.165, 1.54) is 143 Å². The second-order valence-corrected chi connectivity index (χ2v) is 11.3. The molecule has 0 N–H and O–H groups in total. The van der Waals surface area contributed by atoms with Gasteiger partial charge in [0.15, 0.2) is 0 Å². The molecule has 1 nitrogen and oxygen atoms in total. The van der Waals surface area contributed by atoms with E-state index in [2.05, 4.69) is 74.5 Å². The number of rotatable bonds is 20. The van der Waals surface area contributed by atoms with E-state index >= 15 is 0 Å². The van der Waals surface area contributed by atoms with Crippen molar-refractivity contribution in [2.45, 2.75) is 129 Å². The highest BCUT2D eigenvalue weighted by Crippen LogP contribution is 2.24. The van der Waals surface area contributed by atoms with Crippen molar-refractivity contribution in [2.75, 3.05) is 0 Å². The van der Waals surface area contributed by atoms with E-state index in [9.17, 15) is 0 Å². The third-order valence-electron chi connectivity index (χ3n) is 7.94. The molecular formula is C37H53N. The average molecular weight is 512 g/mol. The Bertz CT molecular complexity index is 969. The Morgan fingerprint density at radius 2 is 0.789 bits per heavy atom. The summed E-state index contributed by atoms with van der Waals surface area (Å²) in [5.74, 6) is 0. The topological polar surface area (TPSA) is 12.9 Å². The molecule has 0 aliphatic carbocycles. The lowest BCUT2D eigenvalue weighted by molar-refractivity contribution is 0.556. The highest BCUT2D eigenvalue weighted by atomic mass is 14.7. The van der Waals surface area contributed by atoms with Crippen LogP contribution < -0.4 is 0 Å². The zero-order valence-electron chi connectivity index (χ0n) is 24.5. The van der Waals surface area contributed by atoms with Crippen LogP contribution in [0.3, 0.4) is 0 Å². The highest BCUT2D eigenvalue weighted by molar-refractivity contribution is 5.67. The maximum absolute atomic E-state index is 4.79. The Morgan fingerprint density at radius 3 is 1.21 bits per heavy atom. The fourth-order valence-electron chi connectivity index (χ4n) is 5.37. The molecule has 0 amide bonds. The van der Waals surface area contributed by atoms with Crippen molar-refractivity contribution < 1.29 is 0 Å². The summed E-state index contributed by atoms with van der Waals surface area (Å²) in [4.78, 5) is 4.79. The summed E-state index contributed by atoms with van der Waals surface area (Å²) >= 11 is 0. The lowest BCUT2D eigenvalue weighted by Crippen LogP contribution is -1.89. The van der Waals surface area contributed by atoms with Crippen molar-refractivity contribution in [3.8, 4) is 22.4 Å². The van der Waals surface area contributed by atoms with Gasteiger partial charge in [0.05, 0.1) is 5.69 Å². The molecule has 1 heterocycles. The quantitative estimate of drug-likeness (QED) is 0.137. The monoisotopic (exact) mass is 511 g/mol. The molecule has 3 rings (SSSR count). The van der Waals surface area contributed by atoms with Gasteiger partial charge in [-0.3, -0.25) is 4.98 Å². The first-order valence-electron chi connectivity index (χ1n) is 15.9. The van der Waals surface area contributed by atoms with E-state index in [1.54, 1.807) is 0 Å². The molecule has 0 saturated carbocycles. The van der Waals surface area contributed by atoms with Gasteiger partial charge in [-0.15, -0.1) is 0 Å². The van der Waals surface area contributed by atoms with E-state index in [1.807, 2.05) is 6.20 Å².